The minimum Gasteiger partial charge on any atom is -0.271 e. The summed E-state index contributed by atoms with van der Waals surface area (Å²) in [7, 11) is 0. The van der Waals surface area contributed by atoms with Gasteiger partial charge >= 0.3 is 0 Å². The van der Waals surface area contributed by atoms with Crippen LogP contribution in [-0.2, 0) is 4.79 Å². The maximum absolute atomic E-state index is 10.4. The summed E-state index contributed by atoms with van der Waals surface area (Å²) in [6, 6.07) is 0. The number of hydrogen-bond donors (Lipinski definition) is 0. The Morgan fingerprint density at radius 1 is 1.38 bits per heavy atom. The molecular weight excluding hydrogens is 104 g/mol. The van der Waals surface area contributed by atoms with E-state index in [4.69, 9.17) is 0 Å². The third-order valence-electron chi connectivity index (χ3n) is 1.01. The van der Waals surface area contributed by atoms with E-state index < -0.39 is 0 Å². The maximum atomic E-state index is 10.4. The van der Waals surface area contributed by atoms with Crippen molar-refractivity contribution in [1.29, 1.82) is 0 Å². The Morgan fingerprint density at radius 3 is 3.12 bits per heavy atom. The molecule has 0 spiro atoms. The first-order chi connectivity index (χ1) is 3.89. The lowest BCUT2D eigenvalue weighted by Crippen LogP contribution is -2.20. The second-order valence-electron chi connectivity index (χ2n) is 1.73. The van der Waals surface area contributed by atoms with Gasteiger partial charge in [-0.15, -0.1) is 0 Å². The van der Waals surface area contributed by atoms with E-state index in [1.54, 1.807) is 0 Å². The molecule has 1 aliphatic heterocycles. The van der Waals surface area contributed by atoms with Crippen LogP contribution >= 0.6 is 0 Å². The molecule has 3 heteroatoms. The third kappa shape index (κ3) is 1.50. The molecule has 1 saturated heterocycles. The molecule has 0 aromatic carbocycles. The second kappa shape index (κ2) is 2.67. The summed E-state index contributed by atoms with van der Waals surface area (Å²) in [5.41, 5.74) is 0. The van der Waals surface area contributed by atoms with Gasteiger partial charge in [-0.05, 0) is 6.42 Å². The molecule has 0 aliphatic carbocycles. The molecule has 1 heterocycles. The molecule has 0 N–H and O–H groups in total. The Hall–Kier alpha value is -0.570. The molecule has 0 bridgehead atoms. The highest BCUT2D eigenvalue weighted by atomic mass is 16.1. The lowest BCUT2D eigenvalue weighted by Gasteiger charge is -1.88. The molecule has 3 nitrogen and oxygen atoms in total. The van der Waals surface area contributed by atoms with Gasteiger partial charge in [-0.3, -0.25) is 10.1 Å². The van der Waals surface area contributed by atoms with Crippen LogP contribution in [0.5, 0.6) is 0 Å². The molecule has 8 heavy (non-hydrogen) atoms. The normalized spacial score (nSPS) is 21.8. The van der Waals surface area contributed by atoms with Crippen LogP contribution < -0.4 is 10.6 Å². The molecule has 0 saturated carbocycles. The predicted molar refractivity (Wildman–Crippen MR) is 28.5 cm³/mol. The number of amides is 1. The summed E-state index contributed by atoms with van der Waals surface area (Å²) < 4.78 is 0. The predicted octanol–water partition coefficient (Wildman–Crippen LogP) is -0.874. The van der Waals surface area contributed by atoms with Crippen LogP contribution in [0.3, 0.4) is 0 Å². The number of nitrogens with zero attached hydrogens (tertiary/aromatic N) is 2. The lowest BCUT2D eigenvalue weighted by atomic mass is 10.4. The van der Waals surface area contributed by atoms with Gasteiger partial charge in [0.25, 0.3) is 5.91 Å². The Labute approximate surface area is 48.5 Å². The molecule has 1 rings (SSSR count). The summed E-state index contributed by atoms with van der Waals surface area (Å²) >= 11 is 0. The smallest absolute Gasteiger partial charge is 0.256 e. The molecule has 44 valence electrons. The van der Waals surface area contributed by atoms with E-state index in [-0.39, 0.29) is 5.91 Å². The summed E-state index contributed by atoms with van der Waals surface area (Å²) in [6.45, 7) is 1.78. The lowest BCUT2D eigenvalue weighted by molar-refractivity contribution is -0.120. The fraction of sp³-hybridized carbons (Fsp3) is 0.800. The summed E-state index contributed by atoms with van der Waals surface area (Å²) in [5.74, 6) is -0.0671. The van der Waals surface area contributed by atoms with Crippen molar-refractivity contribution in [2.45, 2.75) is 6.42 Å². The van der Waals surface area contributed by atoms with Crippen molar-refractivity contribution in [3.8, 4) is 0 Å². The van der Waals surface area contributed by atoms with E-state index in [0.717, 1.165) is 13.0 Å². The summed E-state index contributed by atoms with van der Waals surface area (Å²) in [6.07, 6.45) is 0.936. The standard InChI is InChI=1S/C5H8N2O/c8-5-4-6-2-1-3-7-5/h1-4H2. The molecule has 0 aromatic heterocycles. The van der Waals surface area contributed by atoms with E-state index >= 15 is 0 Å². The molecule has 2 radical (unpaired) electrons. The van der Waals surface area contributed by atoms with Gasteiger partial charge in [0.15, 0.2) is 0 Å². The zero-order chi connectivity index (χ0) is 5.82. The second-order valence-corrected chi connectivity index (χ2v) is 1.73. The number of rotatable bonds is 0. The average Bonchev–Trinajstić information content (AvgIpc) is 1.94. The fourth-order valence-electron chi connectivity index (χ4n) is 0.611. The average molecular weight is 112 g/mol. The summed E-state index contributed by atoms with van der Waals surface area (Å²) in [4.78, 5) is 10.4. The van der Waals surface area contributed by atoms with Crippen molar-refractivity contribution in [3.05, 3.63) is 0 Å². The van der Waals surface area contributed by atoms with Crippen LogP contribution in [0, 0.1) is 0 Å². The highest BCUT2D eigenvalue weighted by Gasteiger charge is 2.05. The van der Waals surface area contributed by atoms with Crippen LogP contribution in [0.15, 0.2) is 0 Å². The van der Waals surface area contributed by atoms with Crippen molar-refractivity contribution < 1.29 is 4.79 Å². The summed E-state index contributed by atoms with van der Waals surface area (Å²) in [5, 5.41) is 7.60. The molecule has 1 aliphatic rings. The van der Waals surface area contributed by atoms with Gasteiger partial charge in [-0.1, -0.05) is 0 Å². The van der Waals surface area contributed by atoms with Gasteiger partial charge in [0.05, 0.1) is 6.54 Å². The van der Waals surface area contributed by atoms with E-state index in [0.29, 0.717) is 13.1 Å². The van der Waals surface area contributed by atoms with Gasteiger partial charge in [-0.25, -0.2) is 5.32 Å². The van der Waals surface area contributed by atoms with Crippen LogP contribution in [0.4, 0.5) is 0 Å². The molecule has 0 atom stereocenters. The zero-order valence-electron chi connectivity index (χ0n) is 4.63. The first kappa shape index (κ1) is 5.56. The Balaban J connectivity index is 2.27. The number of carbonyl (C=O) groups excluding carboxylic acids is 1. The minimum atomic E-state index is -0.0671. The largest absolute Gasteiger partial charge is 0.271 e. The van der Waals surface area contributed by atoms with E-state index in [2.05, 4.69) is 10.6 Å². The first-order valence-corrected chi connectivity index (χ1v) is 2.73. The highest BCUT2D eigenvalue weighted by molar-refractivity contribution is 5.77. The maximum Gasteiger partial charge on any atom is 0.256 e. The van der Waals surface area contributed by atoms with E-state index in [1.165, 1.54) is 0 Å². The van der Waals surface area contributed by atoms with Crippen molar-refractivity contribution in [3.63, 3.8) is 0 Å². The van der Waals surface area contributed by atoms with Crippen molar-refractivity contribution in [1.82, 2.24) is 10.6 Å². The SMILES string of the molecule is O=C1C[N]CCC[N]1. The minimum absolute atomic E-state index is 0.0671. The van der Waals surface area contributed by atoms with Crippen LogP contribution in [0.25, 0.3) is 0 Å². The first-order valence-electron chi connectivity index (χ1n) is 2.73. The molecular formula is C5H8N2O. The van der Waals surface area contributed by atoms with Gasteiger partial charge in [0.2, 0.25) is 0 Å². The Morgan fingerprint density at radius 2 is 2.25 bits per heavy atom. The van der Waals surface area contributed by atoms with E-state index in [1.807, 2.05) is 0 Å². The quantitative estimate of drug-likeness (QED) is 0.401. The van der Waals surface area contributed by atoms with Crippen LogP contribution in [0.2, 0.25) is 0 Å². The van der Waals surface area contributed by atoms with Crippen molar-refractivity contribution >= 4 is 5.91 Å². The van der Waals surface area contributed by atoms with Crippen LogP contribution in [-0.4, -0.2) is 25.5 Å². The van der Waals surface area contributed by atoms with Crippen LogP contribution in [0.1, 0.15) is 6.42 Å². The molecule has 1 amide bonds. The van der Waals surface area contributed by atoms with Gasteiger partial charge in [0.1, 0.15) is 0 Å². The van der Waals surface area contributed by atoms with Crippen molar-refractivity contribution in [2.75, 3.05) is 19.6 Å². The number of hydrogen-bond acceptors (Lipinski definition) is 1. The van der Waals surface area contributed by atoms with E-state index in [9.17, 15) is 4.79 Å². The molecule has 0 aromatic rings. The monoisotopic (exact) mass is 112 g/mol. The Kier molecular flexibility index (Phi) is 1.86. The topological polar surface area (TPSA) is 45.3 Å². The molecule has 0 unspecified atom stereocenters. The van der Waals surface area contributed by atoms with Gasteiger partial charge in [0, 0.05) is 13.1 Å². The highest BCUT2D eigenvalue weighted by Crippen LogP contribution is 1.82. The molecule has 1 fully saturated rings. The van der Waals surface area contributed by atoms with Gasteiger partial charge in [-0.2, -0.15) is 0 Å². The Bertz CT molecular complexity index is 82.4. The zero-order valence-corrected chi connectivity index (χ0v) is 4.63. The third-order valence-corrected chi connectivity index (χ3v) is 1.01. The van der Waals surface area contributed by atoms with Gasteiger partial charge < -0.3 is 0 Å². The fourth-order valence-corrected chi connectivity index (χ4v) is 0.611. The van der Waals surface area contributed by atoms with Crippen molar-refractivity contribution in [2.24, 2.45) is 0 Å². The number of carbonyl (C=O) groups is 1.